The topological polar surface area (TPSA) is 49.6 Å². The zero-order valence-electron chi connectivity index (χ0n) is 7.93. The van der Waals surface area contributed by atoms with E-state index in [-0.39, 0.29) is 5.82 Å². The summed E-state index contributed by atoms with van der Waals surface area (Å²) in [6.07, 6.45) is 3.31. The van der Waals surface area contributed by atoms with Crippen molar-refractivity contribution in [3.8, 4) is 0 Å². The van der Waals surface area contributed by atoms with Gasteiger partial charge in [-0.3, -0.25) is 4.90 Å². The molecule has 0 aliphatic carbocycles. The second-order valence-corrected chi connectivity index (χ2v) is 3.19. The number of nitrogens with two attached hydrogens (primary N) is 1. The van der Waals surface area contributed by atoms with Crippen LogP contribution in [0.2, 0.25) is 0 Å². The highest BCUT2D eigenvalue weighted by molar-refractivity contribution is 5.74. The van der Waals surface area contributed by atoms with Crippen molar-refractivity contribution in [3.05, 3.63) is 42.5 Å². The maximum Gasteiger partial charge on any atom is 0.320 e. The maximum atomic E-state index is 12.7. The summed E-state index contributed by atoms with van der Waals surface area (Å²) in [6, 6.07) is 5.52. The molecule has 0 saturated carbocycles. The molecule has 2 N–H and O–H groups in total. The molecule has 0 saturated heterocycles. The number of amides is 2. The Labute approximate surface area is 86.4 Å². The number of rotatable bonds is 1. The number of carbonyl (C=O) groups is 1. The lowest BCUT2D eigenvalue weighted by molar-refractivity contribution is 0.227. The lowest BCUT2D eigenvalue weighted by atomic mass is 10.3. The Morgan fingerprint density at radius 3 is 2.47 bits per heavy atom. The van der Waals surface area contributed by atoms with Gasteiger partial charge in [-0.1, -0.05) is 0 Å². The van der Waals surface area contributed by atoms with Gasteiger partial charge in [-0.05, 0) is 24.3 Å². The summed E-state index contributed by atoms with van der Waals surface area (Å²) in [5, 5.41) is 0. The standard InChI is InChI=1S/C10H10FN3O/c11-8-1-3-9(4-2-8)13-5-6-14(7-13)10(12)15/h1-6H,7H2,(H2,12,15). The minimum Gasteiger partial charge on any atom is -0.351 e. The number of carbonyl (C=O) groups excluding carboxylic acids is 1. The first kappa shape index (κ1) is 9.51. The van der Waals surface area contributed by atoms with Crippen molar-refractivity contribution < 1.29 is 9.18 Å². The van der Waals surface area contributed by atoms with Crippen LogP contribution in [0, 0.1) is 5.82 Å². The summed E-state index contributed by atoms with van der Waals surface area (Å²) < 4.78 is 12.7. The second kappa shape index (κ2) is 3.61. The number of urea groups is 1. The van der Waals surface area contributed by atoms with Gasteiger partial charge >= 0.3 is 6.03 Å². The molecule has 15 heavy (non-hydrogen) atoms. The Balaban J connectivity index is 2.12. The Bertz CT molecular complexity index is 402. The highest BCUT2D eigenvalue weighted by atomic mass is 19.1. The van der Waals surface area contributed by atoms with E-state index in [1.807, 2.05) is 0 Å². The zero-order valence-corrected chi connectivity index (χ0v) is 7.93. The van der Waals surface area contributed by atoms with Crippen LogP contribution >= 0.6 is 0 Å². The van der Waals surface area contributed by atoms with Gasteiger partial charge in [0, 0.05) is 18.1 Å². The van der Waals surface area contributed by atoms with E-state index >= 15 is 0 Å². The molecule has 0 atom stereocenters. The van der Waals surface area contributed by atoms with Crippen LogP contribution in [0.5, 0.6) is 0 Å². The van der Waals surface area contributed by atoms with E-state index in [1.165, 1.54) is 17.0 Å². The van der Waals surface area contributed by atoms with Gasteiger partial charge in [-0.25, -0.2) is 9.18 Å². The second-order valence-electron chi connectivity index (χ2n) is 3.19. The number of halogens is 1. The summed E-state index contributed by atoms with van der Waals surface area (Å²) in [4.78, 5) is 14.0. The van der Waals surface area contributed by atoms with E-state index in [0.29, 0.717) is 6.67 Å². The minimum atomic E-state index is -0.504. The van der Waals surface area contributed by atoms with Crippen molar-refractivity contribution >= 4 is 11.7 Å². The van der Waals surface area contributed by atoms with Gasteiger partial charge in [0.25, 0.3) is 0 Å². The Hall–Kier alpha value is -2.04. The average Bonchev–Trinajstić information content (AvgIpc) is 2.68. The number of hydrogen-bond donors (Lipinski definition) is 1. The predicted molar refractivity (Wildman–Crippen MR) is 54.3 cm³/mol. The summed E-state index contributed by atoms with van der Waals surface area (Å²) in [7, 11) is 0. The maximum absolute atomic E-state index is 12.7. The van der Waals surface area contributed by atoms with Crippen LogP contribution in [-0.4, -0.2) is 17.6 Å². The van der Waals surface area contributed by atoms with Gasteiger partial charge in [0.05, 0.1) is 0 Å². The van der Waals surface area contributed by atoms with E-state index in [2.05, 4.69) is 0 Å². The SMILES string of the molecule is NC(=O)N1C=CN(c2ccc(F)cc2)C1. The predicted octanol–water partition coefficient (Wildman–Crippen LogP) is 1.46. The van der Waals surface area contributed by atoms with E-state index in [4.69, 9.17) is 5.73 Å². The lowest BCUT2D eigenvalue weighted by Crippen LogP contribution is -2.34. The van der Waals surface area contributed by atoms with Crippen LogP contribution < -0.4 is 10.6 Å². The van der Waals surface area contributed by atoms with Crippen LogP contribution in [0.15, 0.2) is 36.7 Å². The Kier molecular flexibility index (Phi) is 2.29. The van der Waals surface area contributed by atoms with Gasteiger partial charge < -0.3 is 10.6 Å². The molecule has 1 aliphatic rings. The van der Waals surface area contributed by atoms with Crippen molar-refractivity contribution in [1.29, 1.82) is 0 Å². The summed E-state index contributed by atoms with van der Waals surface area (Å²) in [6.45, 7) is 0.362. The fourth-order valence-electron chi connectivity index (χ4n) is 1.36. The van der Waals surface area contributed by atoms with Crippen LogP contribution in [0.25, 0.3) is 0 Å². The van der Waals surface area contributed by atoms with Crippen LogP contribution in [-0.2, 0) is 0 Å². The third-order valence-electron chi connectivity index (χ3n) is 2.17. The van der Waals surface area contributed by atoms with E-state index in [1.54, 1.807) is 29.4 Å². The number of hydrogen-bond acceptors (Lipinski definition) is 2. The molecule has 2 amide bonds. The summed E-state index contributed by atoms with van der Waals surface area (Å²) in [5.41, 5.74) is 5.93. The van der Waals surface area contributed by atoms with Crippen molar-refractivity contribution in [2.45, 2.75) is 0 Å². The molecule has 0 unspecified atom stereocenters. The number of anilines is 1. The number of primary amides is 1. The largest absolute Gasteiger partial charge is 0.351 e. The molecule has 1 aromatic rings. The summed E-state index contributed by atoms with van der Waals surface area (Å²) >= 11 is 0. The third kappa shape index (κ3) is 1.90. The molecule has 0 spiro atoms. The number of benzene rings is 1. The van der Waals surface area contributed by atoms with Crippen molar-refractivity contribution in [1.82, 2.24) is 4.90 Å². The van der Waals surface area contributed by atoms with Gasteiger partial charge in [0.1, 0.15) is 12.5 Å². The van der Waals surface area contributed by atoms with Crippen molar-refractivity contribution in [3.63, 3.8) is 0 Å². The molecule has 5 heteroatoms. The monoisotopic (exact) mass is 207 g/mol. The third-order valence-corrected chi connectivity index (χ3v) is 2.17. The molecule has 4 nitrogen and oxygen atoms in total. The van der Waals surface area contributed by atoms with Crippen molar-refractivity contribution in [2.24, 2.45) is 5.73 Å². The first-order valence-electron chi connectivity index (χ1n) is 4.43. The van der Waals surface area contributed by atoms with Gasteiger partial charge in [-0.15, -0.1) is 0 Å². The molecule has 2 rings (SSSR count). The fraction of sp³-hybridized carbons (Fsp3) is 0.100. The van der Waals surface area contributed by atoms with E-state index < -0.39 is 6.03 Å². The number of nitrogens with zero attached hydrogens (tertiary/aromatic N) is 2. The van der Waals surface area contributed by atoms with Gasteiger partial charge in [0.2, 0.25) is 0 Å². The molecule has 0 bridgehead atoms. The fourth-order valence-corrected chi connectivity index (χ4v) is 1.36. The van der Waals surface area contributed by atoms with E-state index in [9.17, 15) is 9.18 Å². The minimum absolute atomic E-state index is 0.284. The molecule has 0 radical (unpaired) electrons. The summed E-state index contributed by atoms with van der Waals surface area (Å²) in [5.74, 6) is -0.284. The molecule has 1 aromatic carbocycles. The molecule has 0 aromatic heterocycles. The Morgan fingerprint density at radius 1 is 1.27 bits per heavy atom. The normalized spacial score (nSPS) is 14.7. The smallest absolute Gasteiger partial charge is 0.320 e. The highest BCUT2D eigenvalue weighted by Crippen LogP contribution is 2.19. The first-order valence-corrected chi connectivity index (χ1v) is 4.43. The lowest BCUT2D eigenvalue weighted by Gasteiger charge is -2.18. The molecule has 1 heterocycles. The quantitative estimate of drug-likeness (QED) is 0.757. The van der Waals surface area contributed by atoms with Crippen molar-refractivity contribution in [2.75, 3.05) is 11.6 Å². The molecular formula is C10H10FN3O. The first-order chi connectivity index (χ1) is 7.16. The van der Waals surface area contributed by atoms with Crippen LogP contribution in [0.4, 0.5) is 14.9 Å². The van der Waals surface area contributed by atoms with E-state index in [0.717, 1.165) is 5.69 Å². The Morgan fingerprint density at radius 2 is 1.93 bits per heavy atom. The molecule has 1 aliphatic heterocycles. The zero-order chi connectivity index (χ0) is 10.8. The molecular weight excluding hydrogens is 197 g/mol. The van der Waals surface area contributed by atoms with Gasteiger partial charge in [0.15, 0.2) is 0 Å². The molecule has 78 valence electrons. The average molecular weight is 207 g/mol. The highest BCUT2D eigenvalue weighted by Gasteiger charge is 2.16. The van der Waals surface area contributed by atoms with Crippen LogP contribution in [0.3, 0.4) is 0 Å². The van der Waals surface area contributed by atoms with Gasteiger partial charge in [-0.2, -0.15) is 0 Å². The van der Waals surface area contributed by atoms with Crippen LogP contribution in [0.1, 0.15) is 0 Å². The molecule has 0 fully saturated rings.